The molecule has 0 amide bonds. The second kappa shape index (κ2) is 9.01. The molecule has 1 aromatic carbocycles. The summed E-state index contributed by atoms with van der Waals surface area (Å²) >= 11 is 7.38. The average molecular weight is 337 g/mol. The fourth-order valence-electron chi connectivity index (χ4n) is 2.21. The number of rotatable bonds is 8. The maximum atomic E-state index is 12.2. The first-order valence-corrected chi connectivity index (χ1v) is 8.85. The third kappa shape index (κ3) is 5.50. The first-order valence-electron chi connectivity index (χ1n) is 7.59. The van der Waals surface area contributed by atoms with E-state index in [1.807, 2.05) is 35.0 Å². The zero-order valence-corrected chi connectivity index (χ0v) is 14.3. The number of imidazole rings is 1. The fraction of sp³-hybridized carbons (Fsp3) is 0.412. The first-order chi connectivity index (χ1) is 10.7. The molecule has 22 heavy (non-hydrogen) atoms. The number of carbonyl (C=O) groups excluding carboxylic acids is 1. The third-order valence-corrected chi connectivity index (χ3v) is 4.86. The number of hydrogen-bond acceptors (Lipinski definition) is 3. The molecule has 0 saturated heterocycles. The lowest BCUT2D eigenvalue weighted by Crippen LogP contribution is -2.08. The minimum atomic E-state index is 0.0839. The highest BCUT2D eigenvalue weighted by atomic mass is 35.5. The Bertz CT molecular complexity index is 569. The number of benzene rings is 1. The fourth-order valence-corrected chi connectivity index (χ4v) is 3.46. The summed E-state index contributed by atoms with van der Waals surface area (Å²) in [6.07, 6.45) is 9.32. The first kappa shape index (κ1) is 17.1. The molecule has 0 N–H and O–H groups in total. The van der Waals surface area contributed by atoms with Crippen LogP contribution in [0.5, 0.6) is 0 Å². The van der Waals surface area contributed by atoms with Crippen molar-refractivity contribution in [3.8, 4) is 0 Å². The summed E-state index contributed by atoms with van der Waals surface area (Å²) in [4.78, 5) is 16.3. The molecule has 0 aliphatic carbocycles. The average Bonchev–Trinajstić information content (AvgIpc) is 3.01. The van der Waals surface area contributed by atoms with Crippen molar-refractivity contribution in [2.45, 2.75) is 44.4 Å². The van der Waals surface area contributed by atoms with Crippen LogP contribution < -0.4 is 0 Å². The largest absolute Gasteiger partial charge is 0.336 e. The Balaban J connectivity index is 2.04. The van der Waals surface area contributed by atoms with E-state index in [9.17, 15) is 4.79 Å². The summed E-state index contributed by atoms with van der Waals surface area (Å²) in [6.45, 7) is 2.87. The lowest BCUT2D eigenvalue weighted by Gasteiger charge is -2.17. The molecule has 0 spiro atoms. The van der Waals surface area contributed by atoms with Crippen molar-refractivity contribution in [2.24, 2.45) is 0 Å². The van der Waals surface area contributed by atoms with Crippen LogP contribution in [0.2, 0.25) is 5.02 Å². The Kier molecular flexibility index (Phi) is 7.00. The number of halogens is 1. The molecule has 0 saturated carbocycles. The molecule has 3 nitrogen and oxygen atoms in total. The number of aromatic nitrogens is 2. The molecule has 0 aliphatic heterocycles. The maximum absolute atomic E-state index is 12.2. The zero-order valence-electron chi connectivity index (χ0n) is 12.7. The normalized spacial score (nSPS) is 12.3. The van der Waals surface area contributed by atoms with Crippen molar-refractivity contribution in [1.82, 2.24) is 9.55 Å². The predicted octanol–water partition coefficient (Wildman–Crippen LogP) is 5.12. The molecule has 0 bridgehead atoms. The van der Waals surface area contributed by atoms with Gasteiger partial charge in [0.15, 0.2) is 5.12 Å². The Morgan fingerprint density at radius 3 is 2.73 bits per heavy atom. The van der Waals surface area contributed by atoms with Gasteiger partial charge in [-0.1, -0.05) is 55.3 Å². The molecule has 0 aliphatic rings. The van der Waals surface area contributed by atoms with E-state index in [0.717, 1.165) is 31.4 Å². The molecule has 1 atom stereocenters. The van der Waals surface area contributed by atoms with Gasteiger partial charge >= 0.3 is 0 Å². The highest BCUT2D eigenvalue weighted by Gasteiger charge is 2.17. The van der Waals surface area contributed by atoms with Crippen molar-refractivity contribution in [3.05, 3.63) is 53.6 Å². The quantitative estimate of drug-likeness (QED) is 0.628. The van der Waals surface area contributed by atoms with Gasteiger partial charge in [-0.25, -0.2) is 4.98 Å². The van der Waals surface area contributed by atoms with Gasteiger partial charge in [-0.05, 0) is 24.1 Å². The Hall–Kier alpha value is -1.26. The molecule has 1 unspecified atom stereocenters. The van der Waals surface area contributed by atoms with E-state index in [4.69, 9.17) is 11.6 Å². The molecule has 0 fully saturated rings. The van der Waals surface area contributed by atoms with E-state index in [1.165, 1.54) is 11.8 Å². The molecule has 0 radical (unpaired) electrons. The molecule has 5 heteroatoms. The number of unbranched alkanes of at least 4 members (excludes halogenated alkanes) is 2. The summed E-state index contributed by atoms with van der Waals surface area (Å²) in [5.74, 6) is 0. The lowest BCUT2D eigenvalue weighted by molar-refractivity contribution is -0.111. The highest BCUT2D eigenvalue weighted by Crippen LogP contribution is 2.33. The molecule has 1 heterocycles. The number of carbonyl (C=O) groups is 1. The van der Waals surface area contributed by atoms with Crippen LogP contribution in [-0.4, -0.2) is 14.7 Å². The van der Waals surface area contributed by atoms with Gasteiger partial charge in [0.25, 0.3) is 0 Å². The molecule has 1 aromatic heterocycles. The van der Waals surface area contributed by atoms with E-state index in [1.54, 1.807) is 12.5 Å². The van der Waals surface area contributed by atoms with E-state index in [2.05, 4.69) is 11.9 Å². The van der Waals surface area contributed by atoms with Crippen LogP contribution in [0.1, 0.15) is 43.4 Å². The number of nitrogens with zero attached hydrogens (tertiary/aromatic N) is 2. The van der Waals surface area contributed by atoms with Crippen molar-refractivity contribution >= 4 is 28.5 Å². The van der Waals surface area contributed by atoms with Crippen LogP contribution in [-0.2, 0) is 11.3 Å². The second-order valence-electron chi connectivity index (χ2n) is 5.25. The Morgan fingerprint density at radius 1 is 1.32 bits per heavy atom. The van der Waals surface area contributed by atoms with Crippen LogP contribution in [0.3, 0.4) is 0 Å². The monoisotopic (exact) mass is 336 g/mol. The van der Waals surface area contributed by atoms with Gasteiger partial charge in [0, 0.05) is 30.4 Å². The summed E-state index contributed by atoms with van der Waals surface area (Å²) < 4.78 is 2.01. The van der Waals surface area contributed by atoms with Gasteiger partial charge in [0.1, 0.15) is 0 Å². The number of hydrogen-bond donors (Lipinski definition) is 0. The van der Waals surface area contributed by atoms with Gasteiger partial charge in [0.05, 0.1) is 11.6 Å². The zero-order chi connectivity index (χ0) is 15.8. The van der Waals surface area contributed by atoms with Crippen molar-refractivity contribution in [2.75, 3.05) is 0 Å². The van der Waals surface area contributed by atoms with Crippen molar-refractivity contribution in [1.29, 1.82) is 0 Å². The van der Waals surface area contributed by atoms with Gasteiger partial charge in [-0.2, -0.15) is 0 Å². The number of thioether (sulfide) groups is 1. The van der Waals surface area contributed by atoms with Crippen LogP contribution >= 0.6 is 23.4 Å². The lowest BCUT2D eigenvalue weighted by atomic mass is 10.1. The second-order valence-corrected chi connectivity index (χ2v) is 6.94. The smallest absolute Gasteiger partial charge is 0.189 e. The van der Waals surface area contributed by atoms with E-state index in [-0.39, 0.29) is 10.4 Å². The molecular formula is C17H21ClN2OS. The predicted molar refractivity (Wildman–Crippen MR) is 93.2 cm³/mol. The minimum Gasteiger partial charge on any atom is -0.336 e. The summed E-state index contributed by atoms with van der Waals surface area (Å²) in [5.41, 5.74) is 1.12. The van der Waals surface area contributed by atoms with Gasteiger partial charge in [0.2, 0.25) is 0 Å². The van der Waals surface area contributed by atoms with Gasteiger partial charge in [-0.3, -0.25) is 4.79 Å². The Morgan fingerprint density at radius 2 is 2.09 bits per heavy atom. The van der Waals surface area contributed by atoms with Crippen LogP contribution in [0.25, 0.3) is 0 Å². The standard InChI is InChI=1S/C17H21ClN2OS/c1-2-3-4-5-17(21)22-16(12-20-11-10-19-13-20)14-6-8-15(18)9-7-14/h6-11,13,16H,2-5,12H2,1H3. The van der Waals surface area contributed by atoms with Crippen LogP contribution in [0.4, 0.5) is 0 Å². The van der Waals surface area contributed by atoms with Crippen molar-refractivity contribution in [3.63, 3.8) is 0 Å². The van der Waals surface area contributed by atoms with Crippen LogP contribution in [0, 0.1) is 0 Å². The molecule has 2 rings (SSSR count). The van der Waals surface area contributed by atoms with E-state index < -0.39 is 0 Å². The molecule has 2 aromatic rings. The van der Waals surface area contributed by atoms with Gasteiger partial charge < -0.3 is 4.57 Å². The summed E-state index contributed by atoms with van der Waals surface area (Å²) in [5, 5.41) is 1.05. The van der Waals surface area contributed by atoms with E-state index in [0.29, 0.717) is 11.4 Å². The minimum absolute atomic E-state index is 0.0839. The Labute approximate surface area is 141 Å². The van der Waals surface area contributed by atoms with Gasteiger partial charge in [-0.15, -0.1) is 0 Å². The highest BCUT2D eigenvalue weighted by molar-refractivity contribution is 8.13. The van der Waals surface area contributed by atoms with Crippen molar-refractivity contribution < 1.29 is 4.79 Å². The third-order valence-electron chi connectivity index (χ3n) is 3.44. The maximum Gasteiger partial charge on any atom is 0.189 e. The summed E-state index contributed by atoms with van der Waals surface area (Å²) in [7, 11) is 0. The van der Waals surface area contributed by atoms with Crippen LogP contribution in [0.15, 0.2) is 43.0 Å². The molecular weight excluding hydrogens is 316 g/mol. The van der Waals surface area contributed by atoms with E-state index >= 15 is 0 Å². The summed E-state index contributed by atoms with van der Waals surface area (Å²) in [6, 6.07) is 7.74. The molecule has 118 valence electrons. The SMILES string of the molecule is CCCCCC(=O)SC(Cn1ccnc1)c1ccc(Cl)cc1. The topological polar surface area (TPSA) is 34.9 Å².